The number of aliphatic hydroxyl groups excluding tert-OH is 1. The first-order chi connectivity index (χ1) is 15.2. The van der Waals surface area contributed by atoms with Crippen molar-refractivity contribution in [1.29, 1.82) is 0 Å². The first-order valence-electron chi connectivity index (χ1n) is 11.8. The SMILES string of the molecule is C.CC(=O)C(O)C1CCCN1C.CCC(C)CC=O.CCCCc1ccc(OC)c(OC)c1. The number of unbranched alkanes of at least 4 members (excludes halogenated alkanes) is 1. The molecule has 1 N–H and O–H groups in total. The highest BCUT2D eigenvalue weighted by Crippen LogP contribution is 2.28. The number of aldehydes is 1. The van der Waals surface area contributed by atoms with Crippen LogP contribution in [0.5, 0.6) is 11.5 Å². The number of hydrogen-bond donors (Lipinski definition) is 1. The number of aliphatic hydroxyl groups is 1. The fourth-order valence-corrected chi connectivity index (χ4v) is 3.35. The Morgan fingerprint density at radius 3 is 2.27 bits per heavy atom. The Labute approximate surface area is 202 Å². The van der Waals surface area contributed by atoms with Gasteiger partial charge in [0.15, 0.2) is 17.3 Å². The molecule has 3 atom stereocenters. The summed E-state index contributed by atoms with van der Waals surface area (Å²) in [6, 6.07) is 6.17. The summed E-state index contributed by atoms with van der Waals surface area (Å²) in [6.07, 6.45) is 7.61. The molecule has 1 aliphatic heterocycles. The van der Waals surface area contributed by atoms with E-state index in [-0.39, 0.29) is 19.3 Å². The zero-order valence-electron chi connectivity index (χ0n) is 21.2. The Kier molecular flexibility index (Phi) is 19.7. The van der Waals surface area contributed by atoms with E-state index in [0.717, 1.165) is 56.4 Å². The lowest BCUT2D eigenvalue weighted by Crippen LogP contribution is -2.40. The minimum Gasteiger partial charge on any atom is -0.493 e. The quantitative estimate of drug-likeness (QED) is 0.469. The maximum atomic E-state index is 10.8. The molecule has 0 saturated carbocycles. The molecule has 1 aromatic rings. The van der Waals surface area contributed by atoms with E-state index >= 15 is 0 Å². The van der Waals surface area contributed by atoms with Gasteiger partial charge in [0.05, 0.1) is 14.2 Å². The normalized spacial score (nSPS) is 16.7. The molecule has 0 spiro atoms. The second-order valence-electron chi connectivity index (χ2n) is 8.45. The van der Waals surface area contributed by atoms with Crippen LogP contribution in [0.2, 0.25) is 0 Å². The van der Waals surface area contributed by atoms with Crippen molar-refractivity contribution in [2.24, 2.45) is 5.92 Å². The van der Waals surface area contributed by atoms with Crippen LogP contribution in [0, 0.1) is 5.92 Å². The van der Waals surface area contributed by atoms with Crippen molar-refractivity contribution < 1.29 is 24.2 Å². The third-order valence-corrected chi connectivity index (χ3v) is 5.82. The van der Waals surface area contributed by atoms with Gasteiger partial charge in [0.1, 0.15) is 12.4 Å². The van der Waals surface area contributed by atoms with Crippen LogP contribution in [0.3, 0.4) is 0 Å². The van der Waals surface area contributed by atoms with Crippen LogP contribution in [0.15, 0.2) is 18.2 Å². The van der Waals surface area contributed by atoms with Gasteiger partial charge in [-0.2, -0.15) is 0 Å². The molecule has 0 amide bonds. The summed E-state index contributed by atoms with van der Waals surface area (Å²) >= 11 is 0. The highest BCUT2D eigenvalue weighted by Gasteiger charge is 2.30. The molecule has 1 saturated heterocycles. The molecule has 0 radical (unpaired) electrons. The average molecular weight is 468 g/mol. The van der Waals surface area contributed by atoms with E-state index in [1.807, 2.05) is 18.0 Å². The molecular weight excluding hydrogens is 418 g/mol. The van der Waals surface area contributed by atoms with E-state index in [0.29, 0.717) is 5.92 Å². The predicted molar refractivity (Wildman–Crippen MR) is 137 cm³/mol. The highest BCUT2D eigenvalue weighted by molar-refractivity contribution is 5.80. The standard InChI is InChI=1S/C12H18O2.C8H15NO2.C6H12O.CH4/c1-4-5-6-10-7-8-11(13-2)12(9-10)14-3;1-6(10)8(11)7-4-3-5-9(7)2;1-3-6(2)4-5-7;/h7-9H,4-6H2,1-3H3;7-8,11H,3-5H2,1-2H3;5-6H,3-4H2,1-2H3;1H4. The molecule has 2 rings (SSSR count). The van der Waals surface area contributed by atoms with Gasteiger partial charge in [0.25, 0.3) is 0 Å². The van der Waals surface area contributed by atoms with Crippen molar-refractivity contribution in [2.45, 2.75) is 92.2 Å². The monoisotopic (exact) mass is 467 g/mol. The molecular formula is C27H49NO5. The van der Waals surface area contributed by atoms with Crippen LogP contribution in [0.1, 0.15) is 79.2 Å². The zero-order chi connectivity index (χ0) is 24.5. The summed E-state index contributed by atoms with van der Waals surface area (Å²) in [5.74, 6) is 2.08. The van der Waals surface area contributed by atoms with Crippen LogP contribution in [0.25, 0.3) is 0 Å². The van der Waals surface area contributed by atoms with Crippen molar-refractivity contribution in [2.75, 3.05) is 27.8 Å². The van der Waals surface area contributed by atoms with Crippen molar-refractivity contribution in [3.8, 4) is 11.5 Å². The largest absolute Gasteiger partial charge is 0.493 e. The molecule has 192 valence electrons. The molecule has 3 unspecified atom stereocenters. The van der Waals surface area contributed by atoms with Crippen molar-refractivity contribution in [3.05, 3.63) is 23.8 Å². The molecule has 6 nitrogen and oxygen atoms in total. The number of aryl methyl sites for hydroxylation is 1. The highest BCUT2D eigenvalue weighted by atomic mass is 16.5. The van der Waals surface area contributed by atoms with Gasteiger partial charge in [-0.1, -0.05) is 47.1 Å². The number of benzene rings is 1. The van der Waals surface area contributed by atoms with E-state index in [1.165, 1.54) is 25.3 Å². The summed E-state index contributed by atoms with van der Waals surface area (Å²) in [6.45, 7) is 8.80. The first-order valence-corrected chi connectivity index (χ1v) is 11.8. The Morgan fingerprint density at radius 1 is 1.24 bits per heavy atom. The van der Waals surface area contributed by atoms with Crippen LogP contribution < -0.4 is 9.47 Å². The average Bonchev–Trinajstić information content (AvgIpc) is 3.23. The van der Waals surface area contributed by atoms with Gasteiger partial charge in [0, 0.05) is 12.5 Å². The number of hydrogen-bond acceptors (Lipinski definition) is 6. The third kappa shape index (κ3) is 13.4. The zero-order valence-corrected chi connectivity index (χ0v) is 21.2. The molecule has 1 aromatic carbocycles. The molecule has 1 aliphatic rings. The fourth-order valence-electron chi connectivity index (χ4n) is 3.35. The Morgan fingerprint density at radius 2 is 1.88 bits per heavy atom. The number of Topliss-reactive ketones (excluding diaryl/α,β-unsaturated/α-hetero) is 1. The number of ketones is 1. The number of likely N-dealkylation sites (N-methyl/N-ethyl adjacent to an activating group) is 1. The van der Waals surface area contributed by atoms with Gasteiger partial charge in [-0.25, -0.2) is 0 Å². The lowest BCUT2D eigenvalue weighted by molar-refractivity contribution is -0.127. The molecule has 0 aromatic heterocycles. The maximum Gasteiger partial charge on any atom is 0.160 e. The second-order valence-corrected chi connectivity index (χ2v) is 8.45. The first kappa shape index (κ1) is 33.3. The van der Waals surface area contributed by atoms with E-state index < -0.39 is 6.10 Å². The number of ether oxygens (including phenoxy) is 2. The fraction of sp³-hybridized carbons (Fsp3) is 0.704. The van der Waals surface area contributed by atoms with E-state index in [1.54, 1.807) is 14.2 Å². The molecule has 0 bridgehead atoms. The van der Waals surface area contributed by atoms with Crippen molar-refractivity contribution >= 4 is 12.1 Å². The Balaban J connectivity index is 0. The van der Waals surface area contributed by atoms with Crippen LogP contribution in [-0.2, 0) is 16.0 Å². The van der Waals surface area contributed by atoms with E-state index in [2.05, 4.69) is 32.9 Å². The van der Waals surface area contributed by atoms with Crippen LogP contribution in [-0.4, -0.2) is 62.0 Å². The van der Waals surface area contributed by atoms with E-state index in [4.69, 9.17) is 9.47 Å². The number of nitrogens with zero attached hydrogens (tertiary/aromatic N) is 1. The topological polar surface area (TPSA) is 76.1 Å². The second kappa shape index (κ2) is 19.5. The Hall–Kier alpha value is -1.92. The maximum absolute atomic E-state index is 10.8. The van der Waals surface area contributed by atoms with Gasteiger partial charge < -0.3 is 24.3 Å². The number of carbonyl (C=O) groups excluding carboxylic acids is 2. The summed E-state index contributed by atoms with van der Waals surface area (Å²) in [7, 11) is 5.27. The summed E-state index contributed by atoms with van der Waals surface area (Å²) in [4.78, 5) is 22.6. The van der Waals surface area contributed by atoms with Crippen molar-refractivity contribution in [3.63, 3.8) is 0 Å². The predicted octanol–water partition coefficient (Wildman–Crippen LogP) is 5.33. The number of carbonyl (C=O) groups is 2. The van der Waals surface area contributed by atoms with Gasteiger partial charge in [-0.3, -0.25) is 4.79 Å². The molecule has 33 heavy (non-hydrogen) atoms. The summed E-state index contributed by atoms with van der Waals surface area (Å²) < 4.78 is 10.4. The lowest BCUT2D eigenvalue weighted by atomic mass is 10.1. The minimum atomic E-state index is -0.775. The third-order valence-electron chi connectivity index (χ3n) is 5.82. The van der Waals surface area contributed by atoms with Gasteiger partial charge in [0.2, 0.25) is 0 Å². The number of methoxy groups -OCH3 is 2. The lowest BCUT2D eigenvalue weighted by Gasteiger charge is -2.22. The van der Waals surface area contributed by atoms with Gasteiger partial charge in [-0.15, -0.1) is 0 Å². The molecule has 1 heterocycles. The smallest absolute Gasteiger partial charge is 0.160 e. The minimum absolute atomic E-state index is 0. The number of rotatable bonds is 10. The van der Waals surface area contributed by atoms with Crippen LogP contribution >= 0.6 is 0 Å². The molecule has 0 aliphatic carbocycles. The van der Waals surface area contributed by atoms with Crippen LogP contribution in [0.4, 0.5) is 0 Å². The van der Waals surface area contributed by atoms with Crippen molar-refractivity contribution in [1.82, 2.24) is 4.90 Å². The molecule has 6 heteroatoms. The Bertz CT molecular complexity index is 649. The van der Waals surface area contributed by atoms with Gasteiger partial charge >= 0.3 is 0 Å². The van der Waals surface area contributed by atoms with Gasteiger partial charge in [-0.05, 0) is 69.8 Å². The summed E-state index contributed by atoms with van der Waals surface area (Å²) in [5.41, 5.74) is 1.31. The number of likely N-dealkylation sites (tertiary alicyclic amines) is 1. The molecule has 1 fully saturated rings. The van der Waals surface area contributed by atoms with E-state index in [9.17, 15) is 14.7 Å². The summed E-state index contributed by atoms with van der Waals surface area (Å²) in [5, 5.41) is 9.41.